The van der Waals surface area contributed by atoms with Crippen LogP contribution in [0.4, 0.5) is 5.69 Å². The van der Waals surface area contributed by atoms with Crippen LogP contribution in [-0.4, -0.2) is 21.6 Å². The van der Waals surface area contributed by atoms with Gasteiger partial charge in [-0.25, -0.2) is 0 Å². The maximum atomic E-state index is 11.0. The zero-order valence-electron chi connectivity index (χ0n) is 10.0. The zero-order valence-corrected chi connectivity index (χ0v) is 10.8. The predicted octanol–water partition coefficient (Wildman–Crippen LogP) is 2.36. The van der Waals surface area contributed by atoms with Crippen LogP contribution in [0.1, 0.15) is 18.7 Å². The van der Waals surface area contributed by atoms with Crippen LogP contribution >= 0.6 is 11.6 Å². The van der Waals surface area contributed by atoms with Crippen molar-refractivity contribution in [3.63, 3.8) is 0 Å². The first kappa shape index (κ1) is 13.4. The van der Waals surface area contributed by atoms with Gasteiger partial charge >= 0.3 is 0 Å². The van der Waals surface area contributed by atoms with E-state index in [1.54, 1.807) is 0 Å². The van der Waals surface area contributed by atoms with E-state index in [-0.39, 0.29) is 28.1 Å². The zero-order chi connectivity index (χ0) is 14.0. The average molecular weight is 283 g/mol. The van der Waals surface area contributed by atoms with Gasteiger partial charge < -0.3 is 10.3 Å². The fourth-order valence-corrected chi connectivity index (χ4v) is 1.65. The summed E-state index contributed by atoms with van der Waals surface area (Å²) in [5.74, 6) is 0.421. The van der Waals surface area contributed by atoms with E-state index >= 15 is 0 Å². The lowest BCUT2D eigenvalue weighted by Gasteiger charge is -1.99. The highest BCUT2D eigenvalue weighted by atomic mass is 35.5. The van der Waals surface area contributed by atoms with Crippen LogP contribution in [0.15, 0.2) is 22.7 Å². The van der Waals surface area contributed by atoms with E-state index in [1.807, 2.05) is 6.92 Å². The van der Waals surface area contributed by atoms with Crippen molar-refractivity contribution in [3.8, 4) is 11.5 Å². The highest BCUT2D eigenvalue weighted by Gasteiger charge is 2.22. The minimum absolute atomic E-state index is 0.0798. The molecule has 0 spiro atoms. The van der Waals surface area contributed by atoms with E-state index < -0.39 is 4.92 Å². The molecule has 2 aromatic rings. The quantitative estimate of drug-likeness (QED) is 0.681. The molecule has 1 aromatic carbocycles. The van der Waals surface area contributed by atoms with Gasteiger partial charge in [0, 0.05) is 23.6 Å². The number of hydrogen-bond acceptors (Lipinski definition) is 6. The maximum Gasteiger partial charge on any atom is 0.283 e. The number of aromatic nitrogens is 2. The molecule has 1 heterocycles. The third kappa shape index (κ3) is 2.72. The molecule has 100 valence electrons. The Bertz CT molecular complexity index is 614. The molecule has 0 bridgehead atoms. The molecule has 19 heavy (non-hydrogen) atoms. The summed E-state index contributed by atoms with van der Waals surface area (Å²) in [4.78, 5) is 14.6. The Kier molecular flexibility index (Phi) is 3.77. The molecule has 0 aliphatic carbocycles. The molecule has 8 heteroatoms. The SMILES string of the molecule is CC(CN)c1noc(-c2ccc(Cl)cc2[N+](=O)[O-])n1. The number of nitrogens with zero attached hydrogens (tertiary/aromatic N) is 3. The minimum Gasteiger partial charge on any atom is -0.334 e. The van der Waals surface area contributed by atoms with Crippen molar-refractivity contribution >= 4 is 17.3 Å². The molecule has 0 aliphatic heterocycles. The van der Waals surface area contributed by atoms with Gasteiger partial charge in [0.1, 0.15) is 5.56 Å². The van der Waals surface area contributed by atoms with Crippen molar-refractivity contribution in [1.82, 2.24) is 10.1 Å². The van der Waals surface area contributed by atoms with Crippen LogP contribution in [0, 0.1) is 10.1 Å². The van der Waals surface area contributed by atoms with Crippen LogP contribution in [0.5, 0.6) is 0 Å². The molecule has 0 radical (unpaired) electrons. The van der Waals surface area contributed by atoms with Gasteiger partial charge in [-0.3, -0.25) is 10.1 Å². The molecule has 2 rings (SSSR count). The lowest BCUT2D eigenvalue weighted by Crippen LogP contribution is -2.10. The van der Waals surface area contributed by atoms with Gasteiger partial charge in [0.2, 0.25) is 0 Å². The number of rotatable bonds is 4. The van der Waals surface area contributed by atoms with Gasteiger partial charge in [0.15, 0.2) is 5.82 Å². The van der Waals surface area contributed by atoms with E-state index in [0.717, 1.165) is 0 Å². The van der Waals surface area contributed by atoms with Crippen molar-refractivity contribution < 1.29 is 9.45 Å². The summed E-state index contributed by atoms with van der Waals surface area (Å²) in [5, 5.41) is 15.0. The Morgan fingerprint density at radius 2 is 2.32 bits per heavy atom. The Balaban J connectivity index is 2.47. The third-order valence-corrected chi connectivity index (χ3v) is 2.86. The summed E-state index contributed by atoms with van der Waals surface area (Å²) in [6.07, 6.45) is 0. The van der Waals surface area contributed by atoms with Gasteiger partial charge in [-0.15, -0.1) is 0 Å². The van der Waals surface area contributed by atoms with Gasteiger partial charge in [-0.05, 0) is 12.1 Å². The largest absolute Gasteiger partial charge is 0.334 e. The second-order valence-electron chi connectivity index (χ2n) is 4.01. The van der Waals surface area contributed by atoms with Crippen LogP contribution in [0.3, 0.4) is 0 Å². The second kappa shape index (κ2) is 5.33. The Morgan fingerprint density at radius 3 is 2.95 bits per heavy atom. The first-order valence-electron chi connectivity index (χ1n) is 5.51. The van der Waals surface area contributed by atoms with Gasteiger partial charge in [-0.1, -0.05) is 23.7 Å². The molecule has 0 saturated heterocycles. The van der Waals surface area contributed by atoms with Crippen molar-refractivity contribution in [1.29, 1.82) is 0 Å². The molecular weight excluding hydrogens is 272 g/mol. The molecule has 0 amide bonds. The van der Waals surface area contributed by atoms with E-state index in [9.17, 15) is 10.1 Å². The van der Waals surface area contributed by atoms with Crippen LogP contribution < -0.4 is 5.73 Å². The van der Waals surface area contributed by atoms with E-state index in [4.69, 9.17) is 21.9 Å². The van der Waals surface area contributed by atoms with Gasteiger partial charge in [0.25, 0.3) is 11.6 Å². The highest BCUT2D eigenvalue weighted by Crippen LogP contribution is 2.31. The fraction of sp³-hybridized carbons (Fsp3) is 0.273. The average Bonchev–Trinajstić information content (AvgIpc) is 2.87. The van der Waals surface area contributed by atoms with Crippen molar-refractivity contribution in [3.05, 3.63) is 39.2 Å². The van der Waals surface area contributed by atoms with E-state index in [1.165, 1.54) is 18.2 Å². The first-order valence-corrected chi connectivity index (χ1v) is 5.88. The second-order valence-corrected chi connectivity index (χ2v) is 4.45. The fourth-order valence-electron chi connectivity index (χ4n) is 1.49. The van der Waals surface area contributed by atoms with Crippen LogP contribution in [0.2, 0.25) is 5.02 Å². The lowest BCUT2D eigenvalue weighted by molar-refractivity contribution is -0.384. The Morgan fingerprint density at radius 1 is 1.58 bits per heavy atom. The molecule has 1 unspecified atom stereocenters. The molecule has 0 aliphatic rings. The first-order chi connectivity index (χ1) is 9.02. The molecular formula is C11H11ClN4O3. The predicted molar refractivity (Wildman–Crippen MR) is 68.9 cm³/mol. The number of benzene rings is 1. The van der Waals surface area contributed by atoms with Gasteiger partial charge in [-0.2, -0.15) is 4.98 Å². The Labute approximate surface area is 113 Å². The van der Waals surface area contributed by atoms with Crippen molar-refractivity contribution in [2.45, 2.75) is 12.8 Å². The molecule has 1 atom stereocenters. The summed E-state index contributed by atoms with van der Waals surface area (Å²) < 4.78 is 5.04. The van der Waals surface area contributed by atoms with Gasteiger partial charge in [0.05, 0.1) is 4.92 Å². The number of halogens is 1. The topological polar surface area (TPSA) is 108 Å². The highest BCUT2D eigenvalue weighted by molar-refractivity contribution is 6.30. The summed E-state index contributed by atoms with van der Waals surface area (Å²) in [7, 11) is 0. The van der Waals surface area contributed by atoms with Crippen molar-refractivity contribution in [2.75, 3.05) is 6.54 Å². The van der Waals surface area contributed by atoms with E-state index in [2.05, 4.69) is 10.1 Å². The summed E-state index contributed by atoms with van der Waals surface area (Å²) in [6, 6.07) is 4.25. The minimum atomic E-state index is -0.544. The number of nitro benzene ring substituents is 1. The third-order valence-electron chi connectivity index (χ3n) is 2.62. The summed E-state index contributed by atoms with van der Waals surface area (Å²) in [6.45, 7) is 2.20. The molecule has 0 saturated carbocycles. The standard InChI is InChI=1S/C11H11ClN4O3/c1-6(5-13)10-14-11(19-15-10)8-3-2-7(12)4-9(8)16(17)18/h2-4,6H,5,13H2,1H3. The molecule has 1 aromatic heterocycles. The summed E-state index contributed by atoms with van der Waals surface area (Å²) >= 11 is 5.74. The number of hydrogen-bond donors (Lipinski definition) is 1. The molecule has 0 fully saturated rings. The Hall–Kier alpha value is -1.99. The van der Waals surface area contributed by atoms with Crippen molar-refractivity contribution in [2.24, 2.45) is 5.73 Å². The number of nitrogens with two attached hydrogens (primary N) is 1. The van der Waals surface area contributed by atoms with E-state index in [0.29, 0.717) is 12.4 Å². The molecule has 2 N–H and O–H groups in total. The normalized spacial score (nSPS) is 12.4. The number of nitro groups is 1. The van der Waals surface area contributed by atoms with Crippen LogP contribution in [0.25, 0.3) is 11.5 Å². The smallest absolute Gasteiger partial charge is 0.283 e. The monoisotopic (exact) mass is 282 g/mol. The van der Waals surface area contributed by atoms with Crippen LogP contribution in [-0.2, 0) is 0 Å². The summed E-state index contributed by atoms with van der Waals surface area (Å²) in [5.41, 5.74) is 5.56. The molecule has 7 nitrogen and oxygen atoms in total. The lowest BCUT2D eigenvalue weighted by atomic mass is 10.1. The maximum absolute atomic E-state index is 11.0.